The van der Waals surface area contributed by atoms with Crippen molar-refractivity contribution in [3.05, 3.63) is 48.2 Å². The highest BCUT2D eigenvalue weighted by Gasteiger charge is 2.17. The number of anilines is 2. The van der Waals surface area contributed by atoms with Crippen molar-refractivity contribution >= 4 is 21.5 Å². The van der Waals surface area contributed by atoms with Gasteiger partial charge in [0.15, 0.2) is 5.82 Å². The smallest absolute Gasteiger partial charge is 0.263 e. The number of aryl methyl sites for hydroxylation is 1. The fraction of sp³-hybridized carbons (Fsp3) is 0.0833. The number of hydrogen-bond acceptors (Lipinski definition) is 4. The van der Waals surface area contributed by atoms with Gasteiger partial charge in [-0.3, -0.25) is 4.72 Å². The summed E-state index contributed by atoms with van der Waals surface area (Å²) in [7, 11) is -3.66. The second-order valence-corrected chi connectivity index (χ2v) is 5.46. The van der Waals surface area contributed by atoms with Gasteiger partial charge in [0.25, 0.3) is 10.0 Å². The van der Waals surface area contributed by atoms with Crippen LogP contribution in [0.5, 0.6) is 0 Å². The molecule has 0 saturated carbocycles. The molecule has 0 aliphatic rings. The first kappa shape index (κ1) is 12.4. The van der Waals surface area contributed by atoms with Gasteiger partial charge in [0.05, 0.1) is 10.6 Å². The van der Waals surface area contributed by atoms with Crippen molar-refractivity contribution in [2.75, 3.05) is 10.5 Å². The Morgan fingerprint density at radius 3 is 2.56 bits per heavy atom. The van der Waals surface area contributed by atoms with Crippen LogP contribution >= 0.6 is 0 Å². The zero-order valence-electron chi connectivity index (χ0n) is 9.79. The molecule has 18 heavy (non-hydrogen) atoms. The maximum atomic E-state index is 12.2. The van der Waals surface area contributed by atoms with E-state index in [0.717, 1.165) is 0 Å². The van der Waals surface area contributed by atoms with Gasteiger partial charge in [0.2, 0.25) is 0 Å². The first-order chi connectivity index (χ1) is 8.50. The number of hydrogen-bond donors (Lipinski definition) is 2. The average molecular weight is 263 g/mol. The van der Waals surface area contributed by atoms with E-state index >= 15 is 0 Å². The minimum Gasteiger partial charge on any atom is -0.396 e. The Morgan fingerprint density at radius 2 is 1.89 bits per heavy atom. The maximum absolute atomic E-state index is 12.2. The molecule has 3 N–H and O–H groups in total. The Hall–Kier alpha value is -2.08. The summed E-state index contributed by atoms with van der Waals surface area (Å²) in [6.07, 6.45) is 1.48. The van der Waals surface area contributed by atoms with Crippen LogP contribution in [-0.4, -0.2) is 13.4 Å². The summed E-state index contributed by atoms with van der Waals surface area (Å²) in [5.41, 5.74) is 6.61. The molecule has 0 amide bonds. The molecule has 1 aromatic carbocycles. The molecule has 2 rings (SSSR count). The molecule has 1 heterocycles. The number of benzene rings is 1. The van der Waals surface area contributed by atoms with E-state index in [1.807, 2.05) is 0 Å². The quantitative estimate of drug-likeness (QED) is 0.883. The monoisotopic (exact) mass is 263 g/mol. The second-order valence-electron chi connectivity index (χ2n) is 3.81. The molecule has 0 spiro atoms. The van der Waals surface area contributed by atoms with Gasteiger partial charge in [0, 0.05) is 6.20 Å². The fourth-order valence-corrected chi connectivity index (χ4v) is 2.83. The normalized spacial score (nSPS) is 11.2. The number of pyridine rings is 1. The number of aromatic nitrogens is 1. The van der Waals surface area contributed by atoms with Crippen LogP contribution in [0, 0.1) is 6.92 Å². The molecule has 0 aliphatic heterocycles. The highest BCUT2D eigenvalue weighted by atomic mass is 32.2. The van der Waals surface area contributed by atoms with E-state index in [1.54, 1.807) is 37.3 Å². The SMILES string of the molecule is Cc1ccccc1S(=O)(=O)Nc1ncccc1N. The standard InChI is InChI=1S/C12H13N3O2S/c1-9-5-2-3-7-11(9)18(16,17)15-12-10(13)6-4-8-14-12/h2-8H,13H2,1H3,(H,14,15). The molecule has 0 radical (unpaired) electrons. The van der Waals surface area contributed by atoms with Crippen molar-refractivity contribution in [2.24, 2.45) is 0 Å². The number of nitrogens with one attached hydrogen (secondary N) is 1. The van der Waals surface area contributed by atoms with E-state index in [2.05, 4.69) is 9.71 Å². The molecule has 0 fully saturated rings. The van der Waals surface area contributed by atoms with E-state index in [1.165, 1.54) is 12.3 Å². The van der Waals surface area contributed by atoms with Crippen molar-refractivity contribution in [2.45, 2.75) is 11.8 Å². The Labute approximate surface area is 106 Å². The van der Waals surface area contributed by atoms with Gasteiger partial charge >= 0.3 is 0 Å². The number of rotatable bonds is 3. The first-order valence-electron chi connectivity index (χ1n) is 5.29. The van der Waals surface area contributed by atoms with Crippen LogP contribution in [0.25, 0.3) is 0 Å². The van der Waals surface area contributed by atoms with Gasteiger partial charge in [-0.1, -0.05) is 18.2 Å². The summed E-state index contributed by atoms with van der Waals surface area (Å²) < 4.78 is 26.7. The molecule has 0 unspecified atom stereocenters. The number of nitrogens with two attached hydrogens (primary N) is 1. The summed E-state index contributed by atoms with van der Waals surface area (Å²) in [6.45, 7) is 1.73. The molecule has 0 bridgehead atoms. The molecule has 0 atom stereocenters. The molecule has 2 aromatic rings. The maximum Gasteiger partial charge on any atom is 0.263 e. The predicted octanol–water partition coefficient (Wildman–Crippen LogP) is 1.77. The summed E-state index contributed by atoms with van der Waals surface area (Å²) in [5.74, 6) is 0.140. The lowest BCUT2D eigenvalue weighted by molar-refractivity contribution is 0.600. The van der Waals surface area contributed by atoms with E-state index < -0.39 is 10.0 Å². The highest BCUT2D eigenvalue weighted by molar-refractivity contribution is 7.92. The van der Waals surface area contributed by atoms with Crippen molar-refractivity contribution < 1.29 is 8.42 Å². The zero-order chi connectivity index (χ0) is 13.2. The lowest BCUT2D eigenvalue weighted by Gasteiger charge is -2.10. The van der Waals surface area contributed by atoms with Crippen LogP contribution in [0.1, 0.15) is 5.56 Å². The summed E-state index contributed by atoms with van der Waals surface area (Å²) in [6, 6.07) is 9.95. The topological polar surface area (TPSA) is 85.1 Å². The van der Waals surface area contributed by atoms with Gasteiger partial charge in [-0.15, -0.1) is 0 Å². The highest BCUT2D eigenvalue weighted by Crippen LogP contribution is 2.20. The van der Waals surface area contributed by atoms with Crippen LogP contribution in [0.3, 0.4) is 0 Å². The van der Waals surface area contributed by atoms with Crippen LogP contribution in [0.4, 0.5) is 11.5 Å². The third-order valence-electron chi connectivity index (χ3n) is 2.45. The molecule has 0 saturated heterocycles. The van der Waals surface area contributed by atoms with E-state index in [-0.39, 0.29) is 16.4 Å². The number of sulfonamides is 1. The fourth-order valence-electron chi connectivity index (χ4n) is 1.54. The van der Waals surface area contributed by atoms with Crippen LogP contribution in [0.2, 0.25) is 0 Å². The minimum atomic E-state index is -3.66. The summed E-state index contributed by atoms with van der Waals surface area (Å²) in [4.78, 5) is 4.12. The lowest BCUT2D eigenvalue weighted by Crippen LogP contribution is -2.16. The van der Waals surface area contributed by atoms with Crippen molar-refractivity contribution in [3.8, 4) is 0 Å². The van der Waals surface area contributed by atoms with Gasteiger partial charge in [-0.2, -0.15) is 0 Å². The molecular formula is C12H13N3O2S. The third-order valence-corrected chi connectivity index (χ3v) is 3.95. The number of nitrogen functional groups attached to an aromatic ring is 1. The Balaban J connectivity index is 2.40. The minimum absolute atomic E-state index is 0.140. The largest absolute Gasteiger partial charge is 0.396 e. The summed E-state index contributed by atoms with van der Waals surface area (Å²) >= 11 is 0. The summed E-state index contributed by atoms with van der Waals surface area (Å²) in [5, 5.41) is 0. The van der Waals surface area contributed by atoms with Crippen molar-refractivity contribution in [1.82, 2.24) is 4.98 Å². The molecular weight excluding hydrogens is 250 g/mol. The Bertz CT molecular complexity index is 669. The van der Waals surface area contributed by atoms with Crippen LogP contribution < -0.4 is 10.5 Å². The van der Waals surface area contributed by atoms with E-state index in [9.17, 15) is 8.42 Å². The van der Waals surface area contributed by atoms with E-state index in [4.69, 9.17) is 5.73 Å². The third kappa shape index (κ3) is 2.43. The first-order valence-corrected chi connectivity index (χ1v) is 6.78. The predicted molar refractivity (Wildman–Crippen MR) is 70.6 cm³/mol. The van der Waals surface area contributed by atoms with E-state index in [0.29, 0.717) is 5.56 Å². The van der Waals surface area contributed by atoms with Crippen molar-refractivity contribution in [3.63, 3.8) is 0 Å². The van der Waals surface area contributed by atoms with Gasteiger partial charge in [-0.25, -0.2) is 13.4 Å². The molecule has 6 heteroatoms. The molecule has 5 nitrogen and oxygen atoms in total. The average Bonchev–Trinajstić information content (AvgIpc) is 2.32. The van der Waals surface area contributed by atoms with Gasteiger partial charge < -0.3 is 5.73 Å². The second kappa shape index (κ2) is 4.66. The molecule has 94 valence electrons. The Kier molecular flexibility index (Phi) is 3.20. The molecule has 0 aliphatic carbocycles. The van der Waals surface area contributed by atoms with Crippen LogP contribution in [0.15, 0.2) is 47.5 Å². The molecule has 1 aromatic heterocycles. The van der Waals surface area contributed by atoms with Crippen LogP contribution in [-0.2, 0) is 10.0 Å². The lowest BCUT2D eigenvalue weighted by atomic mass is 10.2. The van der Waals surface area contributed by atoms with Crippen molar-refractivity contribution in [1.29, 1.82) is 0 Å². The van der Waals surface area contributed by atoms with Gasteiger partial charge in [0.1, 0.15) is 0 Å². The zero-order valence-corrected chi connectivity index (χ0v) is 10.6. The Morgan fingerprint density at radius 1 is 1.17 bits per heavy atom. The number of nitrogens with zero attached hydrogens (tertiary/aromatic N) is 1. The van der Waals surface area contributed by atoms with Gasteiger partial charge in [-0.05, 0) is 30.7 Å².